The molecule has 4 bridgehead atoms. The van der Waals surface area contributed by atoms with Gasteiger partial charge in [-0.05, 0) is 45.8 Å². The lowest BCUT2D eigenvalue weighted by molar-refractivity contribution is -0.154. The molecule has 0 N–H and O–H groups in total. The van der Waals surface area contributed by atoms with E-state index in [1.807, 2.05) is 0 Å². The summed E-state index contributed by atoms with van der Waals surface area (Å²) in [6.07, 6.45) is 0.127. The van der Waals surface area contributed by atoms with Crippen LogP contribution in [0.2, 0.25) is 0 Å². The summed E-state index contributed by atoms with van der Waals surface area (Å²) in [7, 11) is 0. The molecule has 50 heavy (non-hydrogen) atoms. The number of allylic oxidation sites excluding steroid dienone is 2. The fourth-order valence-corrected chi connectivity index (χ4v) is 7.69. The molecule has 6 aliphatic rings. The van der Waals surface area contributed by atoms with E-state index >= 15 is 0 Å². The van der Waals surface area contributed by atoms with Crippen molar-refractivity contribution in [1.82, 2.24) is 0 Å². The van der Waals surface area contributed by atoms with E-state index in [2.05, 4.69) is 26.3 Å². The van der Waals surface area contributed by atoms with Crippen molar-refractivity contribution in [2.24, 2.45) is 23.7 Å². The Morgan fingerprint density at radius 1 is 0.860 bits per heavy atom. The third-order valence-electron chi connectivity index (χ3n) is 10.7. The minimum absolute atomic E-state index is 0.0294. The first-order valence-electron chi connectivity index (χ1n) is 16.5. The van der Waals surface area contributed by atoms with Crippen LogP contribution in [-0.2, 0) is 57.2 Å². The summed E-state index contributed by atoms with van der Waals surface area (Å²) in [6, 6.07) is 0. The zero-order valence-corrected chi connectivity index (χ0v) is 28.7. The number of rotatable bonds is 6. The van der Waals surface area contributed by atoms with Crippen LogP contribution in [0, 0.1) is 23.7 Å². The molecule has 3 fully saturated rings. The topological polar surface area (TPSA) is 158 Å². The second-order valence-electron chi connectivity index (χ2n) is 14.5. The lowest BCUT2D eigenvalue weighted by atomic mass is 9.73. The number of esters is 4. The molecule has 6 aliphatic heterocycles. The van der Waals surface area contributed by atoms with Gasteiger partial charge in [-0.25, -0.2) is 19.2 Å². The smallest absolute Gasteiger partial charge is 0.334 e. The van der Waals surface area contributed by atoms with Crippen molar-refractivity contribution in [2.45, 2.75) is 89.5 Å². The molecule has 3 saturated heterocycles. The van der Waals surface area contributed by atoms with E-state index in [-0.39, 0.29) is 53.1 Å². The molecule has 0 aromatic heterocycles. The summed E-state index contributed by atoms with van der Waals surface area (Å²) >= 11 is 0. The molecule has 0 aromatic carbocycles. The summed E-state index contributed by atoms with van der Waals surface area (Å²) in [5.41, 5.74) is -2.00. The van der Waals surface area contributed by atoms with Crippen LogP contribution in [-0.4, -0.2) is 71.1 Å². The molecular weight excluding hydrogens is 648 g/mol. The molecule has 0 saturated carbocycles. The molecule has 12 heteroatoms. The Labute approximate surface area is 289 Å². The highest BCUT2D eigenvalue weighted by atomic mass is 16.6. The maximum absolute atomic E-state index is 14.0. The highest BCUT2D eigenvalue weighted by molar-refractivity contribution is 6.01. The number of carbonyl (C=O) groups excluding carboxylic acids is 6. The first kappa shape index (κ1) is 34.8. The average molecular weight is 689 g/mol. The molecule has 12 nitrogen and oxygen atoms in total. The number of hydrogen-bond donors (Lipinski definition) is 0. The largest absolute Gasteiger partial charge is 0.483 e. The third kappa shape index (κ3) is 5.74. The van der Waals surface area contributed by atoms with Crippen LogP contribution in [0.25, 0.3) is 0 Å². The highest BCUT2D eigenvalue weighted by Gasteiger charge is 2.57. The minimum atomic E-state index is -1.40. The van der Waals surface area contributed by atoms with Gasteiger partial charge in [0.1, 0.15) is 35.9 Å². The predicted molar refractivity (Wildman–Crippen MR) is 174 cm³/mol. The Bertz CT molecular complexity index is 1790. The molecule has 0 unspecified atom stereocenters. The van der Waals surface area contributed by atoms with Gasteiger partial charge in [-0.1, -0.05) is 33.2 Å². The lowest BCUT2D eigenvalue weighted by Gasteiger charge is -2.34. The van der Waals surface area contributed by atoms with Crippen molar-refractivity contribution in [3.63, 3.8) is 0 Å². The Morgan fingerprint density at radius 3 is 2.08 bits per heavy atom. The molecular formula is C38H40O12. The van der Waals surface area contributed by atoms with E-state index in [0.29, 0.717) is 17.1 Å². The van der Waals surface area contributed by atoms with Gasteiger partial charge < -0.3 is 28.4 Å². The van der Waals surface area contributed by atoms with Gasteiger partial charge in [0.2, 0.25) is 11.6 Å². The first-order chi connectivity index (χ1) is 23.3. The second-order valence-corrected chi connectivity index (χ2v) is 14.5. The number of fused-ring (bicyclic) bond motifs is 6. The monoisotopic (exact) mass is 688 g/mol. The summed E-state index contributed by atoms with van der Waals surface area (Å²) in [5, 5.41) is 0. The zero-order chi connectivity index (χ0) is 36.6. The van der Waals surface area contributed by atoms with Gasteiger partial charge in [-0.2, -0.15) is 0 Å². The standard InChI is InChI=1S/C38H40O12/c1-16(2)33(41)46-27-15-38(9)29(40)13-24(50-38)19(5)22(32-31(27)21(7)36(44)48-32)10-18(4)34(42)47-26-14-37(8)28(39)12-23(49-37)17(3)11-25-30(26)20(6)35(43)45-25/h11-13,19,22,25-27,30-32H,1,4,6-7,10,14-15H2,2-3,5,8-9H3/b17-11-/t19-,22+,25-,26+,27+,30+,31-,32-,37+,38+/m1/s1. The van der Waals surface area contributed by atoms with Crippen molar-refractivity contribution < 1.29 is 57.2 Å². The minimum Gasteiger partial charge on any atom is -0.483 e. The second kappa shape index (κ2) is 12.1. The summed E-state index contributed by atoms with van der Waals surface area (Å²) in [5.74, 6) is -5.97. The molecule has 0 radical (unpaired) electrons. The van der Waals surface area contributed by atoms with E-state index in [9.17, 15) is 28.8 Å². The van der Waals surface area contributed by atoms with E-state index in [0.717, 1.165) is 0 Å². The maximum Gasteiger partial charge on any atom is 0.334 e. The average Bonchev–Trinajstić information content (AvgIpc) is 3.71. The van der Waals surface area contributed by atoms with Gasteiger partial charge in [0, 0.05) is 59.1 Å². The first-order valence-corrected chi connectivity index (χ1v) is 16.5. The van der Waals surface area contributed by atoms with Crippen molar-refractivity contribution >= 4 is 35.4 Å². The predicted octanol–water partition coefficient (Wildman–Crippen LogP) is 4.02. The number of hydrogen-bond acceptors (Lipinski definition) is 12. The van der Waals surface area contributed by atoms with Gasteiger partial charge in [0.05, 0.1) is 11.8 Å². The molecule has 0 aliphatic carbocycles. The van der Waals surface area contributed by atoms with Gasteiger partial charge in [-0.3, -0.25) is 9.59 Å². The Hall–Kier alpha value is -5.00. The molecule has 0 aromatic rings. The molecule has 6 heterocycles. The quantitative estimate of drug-likeness (QED) is 0.225. The number of ketones is 2. The van der Waals surface area contributed by atoms with Crippen LogP contribution in [0.3, 0.4) is 0 Å². The number of carbonyl (C=O) groups is 6. The molecule has 10 atom stereocenters. The van der Waals surface area contributed by atoms with E-state index in [1.54, 1.807) is 33.8 Å². The maximum atomic E-state index is 14.0. The third-order valence-corrected chi connectivity index (χ3v) is 10.7. The van der Waals surface area contributed by atoms with Crippen molar-refractivity contribution in [3.05, 3.63) is 83.9 Å². The van der Waals surface area contributed by atoms with Gasteiger partial charge in [0.25, 0.3) is 0 Å². The Kier molecular flexibility index (Phi) is 8.43. The molecule has 264 valence electrons. The number of ether oxygens (including phenoxy) is 6. The Morgan fingerprint density at radius 2 is 1.42 bits per heavy atom. The van der Waals surface area contributed by atoms with Crippen LogP contribution in [0.4, 0.5) is 0 Å². The van der Waals surface area contributed by atoms with Crippen molar-refractivity contribution in [3.8, 4) is 0 Å². The summed E-state index contributed by atoms with van der Waals surface area (Å²) in [6.45, 7) is 23.7. The Balaban J connectivity index is 1.32. The van der Waals surface area contributed by atoms with Crippen LogP contribution in [0.1, 0.15) is 53.9 Å². The van der Waals surface area contributed by atoms with Crippen LogP contribution < -0.4 is 0 Å². The van der Waals surface area contributed by atoms with Crippen LogP contribution in [0.15, 0.2) is 83.9 Å². The van der Waals surface area contributed by atoms with E-state index < -0.39 is 83.2 Å². The summed E-state index contributed by atoms with van der Waals surface area (Å²) < 4.78 is 35.6. The molecule has 0 amide bonds. The summed E-state index contributed by atoms with van der Waals surface area (Å²) in [4.78, 5) is 78.9. The van der Waals surface area contributed by atoms with Crippen LogP contribution in [0.5, 0.6) is 0 Å². The fraction of sp³-hybridized carbons (Fsp3) is 0.474. The highest BCUT2D eigenvalue weighted by Crippen LogP contribution is 2.49. The van der Waals surface area contributed by atoms with Gasteiger partial charge in [-0.15, -0.1) is 0 Å². The van der Waals surface area contributed by atoms with Crippen molar-refractivity contribution in [2.75, 3.05) is 0 Å². The zero-order valence-electron chi connectivity index (χ0n) is 28.7. The van der Waals surface area contributed by atoms with E-state index in [4.69, 9.17) is 28.4 Å². The molecule has 0 spiro atoms. The normalized spacial score (nSPS) is 38.4. The molecule has 6 rings (SSSR count). The van der Waals surface area contributed by atoms with Crippen LogP contribution >= 0.6 is 0 Å². The van der Waals surface area contributed by atoms with Crippen molar-refractivity contribution in [1.29, 1.82) is 0 Å². The fourth-order valence-electron chi connectivity index (χ4n) is 7.69. The SMILES string of the molecule is C=C(C)C(=O)O[C@H]1C[C@]2(C)OC(=CC2=O)[C@H](C)[C@H](CC(=C)C(=O)O[C@H]2C[C@]3(C)OC(=CC3=O)/C(C)=C\[C@H]3OC(=O)C(=C)[C@H]23)[C@H]2OC(=O)C(=C)[C@@H]21. The van der Waals surface area contributed by atoms with E-state index in [1.165, 1.54) is 19.1 Å². The lowest BCUT2D eigenvalue weighted by Crippen LogP contribution is -2.44. The van der Waals surface area contributed by atoms with Gasteiger partial charge >= 0.3 is 23.9 Å². The van der Waals surface area contributed by atoms with Gasteiger partial charge in [0.15, 0.2) is 11.2 Å².